The van der Waals surface area contributed by atoms with Gasteiger partial charge in [-0.25, -0.2) is 0 Å². The molecule has 3 aliphatic rings. The number of nitrogens with zero attached hydrogens (tertiary/aromatic N) is 5. The van der Waals surface area contributed by atoms with E-state index in [1.807, 2.05) is 15.8 Å². The molecule has 3 aromatic rings. The number of fused-ring (bicyclic) bond motifs is 1. The van der Waals surface area contributed by atoms with Crippen LogP contribution in [0.25, 0.3) is 11.3 Å². The van der Waals surface area contributed by atoms with Gasteiger partial charge in [0.1, 0.15) is 23.3 Å². The number of ether oxygens (including phenoxy) is 2. The molecule has 2 fully saturated rings. The Hall–Kier alpha value is -5.31. The number of benzene rings is 2. The predicted octanol–water partition coefficient (Wildman–Crippen LogP) is 8.08. The number of piperidine rings is 1. The van der Waals surface area contributed by atoms with Gasteiger partial charge < -0.3 is 46.9 Å². The molecule has 0 bridgehead atoms. The first-order valence-electron chi connectivity index (χ1n) is 29.2. The van der Waals surface area contributed by atoms with Gasteiger partial charge in [0, 0.05) is 95.8 Å². The highest BCUT2D eigenvalue weighted by molar-refractivity contribution is 5.77. The van der Waals surface area contributed by atoms with Crippen molar-refractivity contribution in [3.63, 3.8) is 0 Å². The SMILES string of the molecule is C[C@H](C(=O)O)[C@H](c1ccc2c(c1)O[C@@H](C1CCN(Cc3cc(-c4cn(CCCCCCCCCCCCCCC(=O)NCCN(CCC(=O)NCCN)CCC(=O)NCCN)nn4)ccc3OC(F)(F)F)CC1)CC2)C1CC1. The Balaban J connectivity index is 0.821. The highest BCUT2D eigenvalue weighted by Gasteiger charge is 2.40. The van der Waals surface area contributed by atoms with Crippen molar-refractivity contribution in [3.8, 4) is 22.8 Å². The molecule has 434 valence electrons. The number of aryl methyl sites for hydroxylation is 2. The second-order valence-electron chi connectivity index (χ2n) is 21.9. The molecule has 2 aliphatic heterocycles. The fourth-order valence-electron chi connectivity index (χ4n) is 11.1. The van der Waals surface area contributed by atoms with E-state index >= 15 is 0 Å². The Bertz CT molecular complexity index is 2280. The van der Waals surface area contributed by atoms with Gasteiger partial charge in [0.05, 0.1) is 12.1 Å². The lowest BCUT2D eigenvalue weighted by atomic mass is 9.81. The van der Waals surface area contributed by atoms with Crippen molar-refractivity contribution in [1.29, 1.82) is 0 Å². The number of carbonyl (C=O) groups is 4. The van der Waals surface area contributed by atoms with E-state index in [2.05, 4.69) is 54.1 Å². The third kappa shape index (κ3) is 21.7. The third-order valence-electron chi connectivity index (χ3n) is 15.7. The Morgan fingerprint density at radius 2 is 1.37 bits per heavy atom. The number of nitrogens with one attached hydrogen (secondary N) is 3. The van der Waals surface area contributed by atoms with E-state index in [1.165, 1.54) is 38.2 Å². The lowest BCUT2D eigenvalue weighted by molar-refractivity contribution is -0.275. The minimum absolute atomic E-state index is 0.0199. The Morgan fingerprint density at radius 3 is 1.97 bits per heavy atom. The molecule has 0 spiro atoms. The van der Waals surface area contributed by atoms with Gasteiger partial charge in [-0.2, -0.15) is 0 Å². The summed E-state index contributed by atoms with van der Waals surface area (Å²) >= 11 is 0. The molecule has 20 heteroatoms. The molecule has 6 rings (SSSR count). The molecule has 8 N–H and O–H groups in total. The quantitative estimate of drug-likeness (QED) is 0.0300. The summed E-state index contributed by atoms with van der Waals surface area (Å²) in [5.41, 5.74) is 14.9. The number of alkyl halides is 3. The van der Waals surface area contributed by atoms with Crippen LogP contribution in [0.15, 0.2) is 42.6 Å². The van der Waals surface area contributed by atoms with Crippen LogP contribution in [0.1, 0.15) is 158 Å². The van der Waals surface area contributed by atoms with Gasteiger partial charge in [0.2, 0.25) is 17.7 Å². The van der Waals surface area contributed by atoms with Crippen molar-refractivity contribution >= 4 is 23.7 Å². The smallest absolute Gasteiger partial charge is 0.490 e. The second-order valence-corrected chi connectivity index (χ2v) is 21.9. The Kier molecular flexibility index (Phi) is 25.9. The van der Waals surface area contributed by atoms with E-state index in [9.17, 15) is 37.5 Å². The summed E-state index contributed by atoms with van der Waals surface area (Å²) in [4.78, 5) is 52.8. The number of aliphatic carboxylic acids is 1. The van der Waals surface area contributed by atoms with Crippen molar-refractivity contribution < 1.29 is 46.9 Å². The van der Waals surface area contributed by atoms with E-state index in [0.29, 0.717) is 114 Å². The van der Waals surface area contributed by atoms with Crippen LogP contribution in [0.2, 0.25) is 0 Å². The van der Waals surface area contributed by atoms with E-state index < -0.39 is 18.2 Å². The van der Waals surface area contributed by atoms with Crippen molar-refractivity contribution in [2.45, 2.75) is 173 Å². The molecule has 1 saturated carbocycles. The largest absolute Gasteiger partial charge is 0.573 e. The first-order chi connectivity index (χ1) is 37.7. The fraction of sp³-hybridized carbons (Fsp3) is 0.690. The number of hydrogen-bond donors (Lipinski definition) is 6. The molecule has 1 aliphatic carbocycles. The number of hydrogen-bond acceptors (Lipinski definition) is 12. The molecular formula is C58H89F3N10O7. The van der Waals surface area contributed by atoms with Gasteiger partial charge >= 0.3 is 12.3 Å². The molecule has 2 aromatic carbocycles. The normalized spacial score (nSPS) is 16.8. The van der Waals surface area contributed by atoms with Crippen molar-refractivity contribution in [2.75, 3.05) is 65.4 Å². The van der Waals surface area contributed by atoms with Gasteiger partial charge in [-0.1, -0.05) is 88.5 Å². The minimum Gasteiger partial charge on any atom is -0.490 e. The van der Waals surface area contributed by atoms with Crippen molar-refractivity contribution in [1.82, 2.24) is 40.7 Å². The summed E-state index contributed by atoms with van der Waals surface area (Å²) in [6, 6.07) is 11.0. The van der Waals surface area contributed by atoms with Gasteiger partial charge in [-0.3, -0.25) is 28.8 Å². The van der Waals surface area contributed by atoms with Gasteiger partial charge in [-0.05, 0) is 118 Å². The summed E-state index contributed by atoms with van der Waals surface area (Å²) < 4.78 is 53.8. The number of carbonyl (C=O) groups excluding carboxylic acids is 3. The van der Waals surface area contributed by atoms with Gasteiger partial charge in [0.15, 0.2) is 0 Å². The number of aromatic nitrogens is 3. The van der Waals surface area contributed by atoms with Crippen LogP contribution < -0.4 is 36.9 Å². The molecule has 78 heavy (non-hydrogen) atoms. The fourth-order valence-corrected chi connectivity index (χ4v) is 11.1. The molecule has 17 nitrogen and oxygen atoms in total. The monoisotopic (exact) mass is 1090 g/mol. The number of unbranched alkanes of at least 4 members (excludes halogenated alkanes) is 11. The maximum absolute atomic E-state index is 13.6. The van der Waals surface area contributed by atoms with Crippen molar-refractivity contribution in [2.24, 2.45) is 29.2 Å². The zero-order valence-electron chi connectivity index (χ0n) is 46.2. The zero-order chi connectivity index (χ0) is 55.7. The highest BCUT2D eigenvalue weighted by Crippen LogP contribution is 2.48. The third-order valence-corrected chi connectivity index (χ3v) is 15.7. The average molecular weight is 1100 g/mol. The van der Waals surface area contributed by atoms with Crippen LogP contribution in [-0.2, 0) is 38.7 Å². The van der Waals surface area contributed by atoms with Gasteiger partial charge in [-0.15, -0.1) is 18.3 Å². The Labute approximate surface area is 459 Å². The van der Waals surface area contributed by atoms with Crippen LogP contribution in [0, 0.1) is 17.8 Å². The predicted molar refractivity (Wildman–Crippen MR) is 294 cm³/mol. The molecule has 0 unspecified atom stereocenters. The number of likely N-dealkylation sites (tertiary alicyclic amines) is 1. The van der Waals surface area contributed by atoms with Crippen molar-refractivity contribution in [3.05, 3.63) is 59.3 Å². The lowest BCUT2D eigenvalue weighted by Crippen LogP contribution is -2.40. The standard InChI is InChI=1S/C58H89F3N10O7/c1-42(57(75)76)56(45-16-17-45)47-18-15-43-19-21-50(77-52(43)39-47)44-23-33-70(34-24-44)40-48-38-46(20-22-51(48)78-58(59,60)61)49-41-71(68-67-49)32-13-11-9-7-5-3-2-4-6-8-10-12-14-53(72)66-31-37-69(35-25-54(73)64-29-27-62)36-26-55(74)65-30-28-63/h15,18,20,22,38-39,41-42,44-45,50,56H,2-14,16-17,19,21,23-37,40,62-63H2,1H3,(H,64,73)(H,65,74)(H,66,72)(H,75,76)/t42-,50+,56-/m0/s1. The highest BCUT2D eigenvalue weighted by atomic mass is 19.4. The molecule has 3 amide bonds. The van der Waals surface area contributed by atoms with E-state index in [0.717, 1.165) is 100 Å². The summed E-state index contributed by atoms with van der Waals surface area (Å²) in [6.45, 7) is 7.77. The van der Waals surface area contributed by atoms with Crippen LogP contribution in [-0.4, -0.2) is 132 Å². The maximum atomic E-state index is 13.6. The van der Waals surface area contributed by atoms with Crippen LogP contribution in [0.4, 0.5) is 13.2 Å². The number of carboxylic acids is 1. The van der Waals surface area contributed by atoms with Crippen LogP contribution >= 0.6 is 0 Å². The number of amides is 3. The number of halogens is 3. The zero-order valence-corrected chi connectivity index (χ0v) is 46.2. The number of rotatable bonds is 37. The van der Waals surface area contributed by atoms with Crippen LogP contribution in [0.5, 0.6) is 11.5 Å². The molecule has 1 aromatic heterocycles. The van der Waals surface area contributed by atoms with Crippen LogP contribution in [0.3, 0.4) is 0 Å². The second kappa shape index (κ2) is 32.7. The van der Waals surface area contributed by atoms with Gasteiger partial charge in [0.25, 0.3) is 0 Å². The van der Waals surface area contributed by atoms with E-state index in [4.69, 9.17) is 16.2 Å². The molecular weight excluding hydrogens is 1010 g/mol. The minimum atomic E-state index is -4.83. The van der Waals surface area contributed by atoms with E-state index in [1.54, 1.807) is 19.1 Å². The first-order valence-corrected chi connectivity index (χ1v) is 29.2. The average Bonchev–Trinajstić information content (AvgIpc) is 4.23. The molecule has 3 heterocycles. The summed E-state index contributed by atoms with van der Waals surface area (Å²) in [5.74, 6) is -0.0927. The topological polar surface area (TPSA) is 232 Å². The molecule has 0 radical (unpaired) electrons. The molecule has 3 atom stereocenters. The number of nitrogens with two attached hydrogens (primary N) is 2. The number of carboxylic acid groups (broad SMARTS) is 1. The maximum Gasteiger partial charge on any atom is 0.573 e. The van der Waals surface area contributed by atoms with E-state index in [-0.39, 0.29) is 48.3 Å². The molecule has 1 saturated heterocycles. The summed E-state index contributed by atoms with van der Waals surface area (Å²) in [7, 11) is 0. The Morgan fingerprint density at radius 1 is 0.769 bits per heavy atom. The summed E-state index contributed by atoms with van der Waals surface area (Å²) in [5, 5.41) is 27.0. The first kappa shape index (κ1) is 61.9. The lowest BCUT2D eigenvalue weighted by Gasteiger charge is -2.38. The summed E-state index contributed by atoms with van der Waals surface area (Å²) in [6.07, 6.45) is 17.0.